The smallest absolute Gasteiger partial charge is 0.158 e. The molecule has 1 aliphatic rings. The van der Waals surface area contributed by atoms with Gasteiger partial charge in [0.2, 0.25) is 0 Å². The lowest BCUT2D eigenvalue weighted by atomic mass is 10.1. The van der Waals surface area contributed by atoms with Gasteiger partial charge in [0.15, 0.2) is 6.29 Å². The van der Waals surface area contributed by atoms with E-state index in [0.29, 0.717) is 0 Å². The highest BCUT2D eigenvalue weighted by atomic mass is 79.9. The largest absolute Gasteiger partial charge is 0.353 e. The number of ether oxygens (including phenoxy) is 2. The molecule has 1 rings (SSSR count). The van der Waals surface area contributed by atoms with Gasteiger partial charge < -0.3 is 9.47 Å². The van der Waals surface area contributed by atoms with Gasteiger partial charge in [0.1, 0.15) is 0 Å². The van der Waals surface area contributed by atoms with E-state index < -0.39 is 0 Å². The Labute approximate surface area is 126 Å². The van der Waals surface area contributed by atoms with Gasteiger partial charge >= 0.3 is 0 Å². The third kappa shape index (κ3) is 8.61. The van der Waals surface area contributed by atoms with Gasteiger partial charge in [-0.3, -0.25) is 0 Å². The fourth-order valence-electron chi connectivity index (χ4n) is 2.13. The van der Waals surface area contributed by atoms with Crippen LogP contribution in [0.25, 0.3) is 0 Å². The molecule has 2 nitrogen and oxygen atoms in total. The molecule has 0 spiro atoms. The van der Waals surface area contributed by atoms with E-state index in [1.54, 1.807) is 0 Å². The number of hydrogen-bond donors (Lipinski definition) is 0. The van der Waals surface area contributed by atoms with Crippen molar-refractivity contribution >= 4 is 15.9 Å². The molecule has 110 valence electrons. The van der Waals surface area contributed by atoms with E-state index in [0.717, 1.165) is 25.9 Å². The van der Waals surface area contributed by atoms with Crippen molar-refractivity contribution in [2.45, 2.75) is 70.7 Å². The van der Waals surface area contributed by atoms with Crippen molar-refractivity contribution in [2.75, 3.05) is 6.61 Å². The van der Waals surface area contributed by atoms with Crippen molar-refractivity contribution in [1.29, 1.82) is 0 Å². The third-order valence-electron chi connectivity index (χ3n) is 3.26. The molecule has 1 aliphatic heterocycles. The van der Waals surface area contributed by atoms with Crippen LogP contribution in [0, 0.1) is 0 Å². The van der Waals surface area contributed by atoms with Crippen molar-refractivity contribution in [2.24, 2.45) is 0 Å². The second kappa shape index (κ2) is 11.7. The summed E-state index contributed by atoms with van der Waals surface area (Å²) in [7, 11) is 0. The summed E-state index contributed by atoms with van der Waals surface area (Å²) >= 11 is 3.33. The Morgan fingerprint density at radius 3 is 2.89 bits per heavy atom. The molecular formula is C16H27BrO2. The molecule has 0 radical (unpaired) electrons. The van der Waals surface area contributed by atoms with Crippen LogP contribution in [0.1, 0.15) is 58.3 Å². The minimum Gasteiger partial charge on any atom is -0.353 e. The Morgan fingerprint density at radius 1 is 1.32 bits per heavy atom. The van der Waals surface area contributed by atoms with E-state index in [-0.39, 0.29) is 12.4 Å². The maximum Gasteiger partial charge on any atom is 0.158 e. The van der Waals surface area contributed by atoms with E-state index in [1.807, 2.05) is 11.1 Å². The molecule has 0 amide bonds. The van der Waals surface area contributed by atoms with E-state index in [9.17, 15) is 0 Å². The summed E-state index contributed by atoms with van der Waals surface area (Å²) in [5.74, 6) is 0. The molecule has 0 aromatic rings. The molecule has 0 aromatic carbocycles. The highest BCUT2D eigenvalue weighted by Crippen LogP contribution is 2.17. The van der Waals surface area contributed by atoms with Gasteiger partial charge in [-0.2, -0.15) is 0 Å². The standard InChI is InChI=1S/C16H27BrO2/c1-2-3-4-5-6-7-10-15(12-13-17)19-16-11-8-9-14-18-16/h6-7,12-13,15-16H,2-5,8-11,14H2,1H3/b7-6-,13-12+/t15-,16?/m0/s1. The summed E-state index contributed by atoms with van der Waals surface area (Å²) in [5, 5.41) is 0. The average molecular weight is 331 g/mol. The third-order valence-corrected chi connectivity index (χ3v) is 3.57. The Morgan fingerprint density at radius 2 is 2.21 bits per heavy atom. The van der Waals surface area contributed by atoms with Gasteiger partial charge in [-0.1, -0.05) is 47.8 Å². The molecule has 0 aliphatic carbocycles. The van der Waals surface area contributed by atoms with Gasteiger partial charge in [-0.15, -0.1) is 0 Å². The second-order valence-electron chi connectivity index (χ2n) is 4.99. The predicted molar refractivity (Wildman–Crippen MR) is 84.4 cm³/mol. The van der Waals surface area contributed by atoms with Crippen LogP contribution in [0.5, 0.6) is 0 Å². The van der Waals surface area contributed by atoms with Crippen molar-refractivity contribution in [1.82, 2.24) is 0 Å². The molecule has 2 atom stereocenters. The molecule has 1 saturated heterocycles. The van der Waals surface area contributed by atoms with E-state index in [4.69, 9.17) is 9.47 Å². The molecular weight excluding hydrogens is 304 g/mol. The maximum atomic E-state index is 5.97. The van der Waals surface area contributed by atoms with Crippen LogP contribution < -0.4 is 0 Å². The normalized spacial score (nSPS) is 22.3. The molecule has 0 aromatic heterocycles. The minimum absolute atomic E-state index is 0.0176. The van der Waals surface area contributed by atoms with Crippen molar-refractivity contribution in [3.63, 3.8) is 0 Å². The molecule has 0 N–H and O–H groups in total. The summed E-state index contributed by atoms with van der Waals surface area (Å²) in [5.41, 5.74) is 0. The van der Waals surface area contributed by atoms with Gasteiger partial charge in [0, 0.05) is 6.61 Å². The monoisotopic (exact) mass is 330 g/mol. The van der Waals surface area contributed by atoms with E-state index in [2.05, 4.69) is 35.0 Å². The van der Waals surface area contributed by atoms with Gasteiger partial charge in [-0.25, -0.2) is 0 Å². The van der Waals surface area contributed by atoms with Crippen molar-refractivity contribution in [3.05, 3.63) is 23.2 Å². The minimum atomic E-state index is -0.0176. The summed E-state index contributed by atoms with van der Waals surface area (Å²) in [6, 6.07) is 0. The van der Waals surface area contributed by atoms with Gasteiger partial charge in [-0.05, 0) is 49.6 Å². The van der Waals surface area contributed by atoms with Crippen LogP contribution in [0.3, 0.4) is 0 Å². The van der Waals surface area contributed by atoms with E-state index in [1.165, 1.54) is 32.1 Å². The summed E-state index contributed by atoms with van der Waals surface area (Å²) < 4.78 is 11.6. The summed E-state index contributed by atoms with van der Waals surface area (Å²) in [4.78, 5) is 1.88. The van der Waals surface area contributed by atoms with Gasteiger partial charge in [0.25, 0.3) is 0 Å². The quantitative estimate of drug-likeness (QED) is 0.420. The number of halogens is 1. The highest BCUT2D eigenvalue weighted by Gasteiger charge is 2.17. The maximum absolute atomic E-state index is 5.97. The molecule has 1 unspecified atom stereocenters. The summed E-state index contributed by atoms with van der Waals surface area (Å²) in [6.45, 7) is 3.07. The van der Waals surface area contributed by atoms with Crippen LogP contribution in [0.2, 0.25) is 0 Å². The molecule has 1 fully saturated rings. The topological polar surface area (TPSA) is 18.5 Å². The highest BCUT2D eigenvalue weighted by molar-refractivity contribution is 9.11. The first kappa shape index (κ1) is 16.9. The Bertz CT molecular complexity index is 257. The second-order valence-corrected chi connectivity index (χ2v) is 5.52. The lowest BCUT2D eigenvalue weighted by Crippen LogP contribution is -2.26. The summed E-state index contributed by atoms with van der Waals surface area (Å²) in [6.07, 6.45) is 16.0. The number of allylic oxidation sites excluding steroid dienone is 1. The lowest BCUT2D eigenvalue weighted by Gasteiger charge is -2.25. The van der Waals surface area contributed by atoms with E-state index >= 15 is 0 Å². The van der Waals surface area contributed by atoms with Crippen molar-refractivity contribution < 1.29 is 9.47 Å². The number of unbranched alkanes of at least 4 members (excludes halogenated alkanes) is 3. The number of rotatable bonds is 9. The lowest BCUT2D eigenvalue weighted by molar-refractivity contribution is -0.177. The molecule has 19 heavy (non-hydrogen) atoms. The first-order valence-electron chi connectivity index (χ1n) is 7.55. The molecule has 0 bridgehead atoms. The van der Waals surface area contributed by atoms with Crippen molar-refractivity contribution in [3.8, 4) is 0 Å². The van der Waals surface area contributed by atoms with Gasteiger partial charge in [0.05, 0.1) is 6.10 Å². The Hall–Kier alpha value is -0.120. The predicted octanol–water partition coefficient (Wildman–Crippen LogP) is 5.33. The van der Waals surface area contributed by atoms with Crippen LogP contribution >= 0.6 is 15.9 Å². The van der Waals surface area contributed by atoms with Crippen LogP contribution in [-0.2, 0) is 9.47 Å². The van der Waals surface area contributed by atoms with Crippen LogP contribution in [-0.4, -0.2) is 19.0 Å². The SMILES string of the molecule is CCCCC/C=C\C[C@@H](/C=C/Br)OC1CCCCO1. The molecule has 3 heteroatoms. The zero-order valence-electron chi connectivity index (χ0n) is 12.0. The molecule has 0 saturated carbocycles. The Kier molecular flexibility index (Phi) is 10.4. The zero-order chi connectivity index (χ0) is 13.8. The fourth-order valence-corrected chi connectivity index (χ4v) is 2.47. The number of hydrogen-bond acceptors (Lipinski definition) is 2. The first-order chi connectivity index (χ1) is 9.36. The average Bonchev–Trinajstić information content (AvgIpc) is 2.44. The molecule has 1 heterocycles. The zero-order valence-corrected chi connectivity index (χ0v) is 13.6. The van der Waals surface area contributed by atoms with Crippen LogP contribution in [0.4, 0.5) is 0 Å². The Balaban J connectivity index is 2.23. The first-order valence-corrected chi connectivity index (χ1v) is 8.47. The fraction of sp³-hybridized carbons (Fsp3) is 0.750. The van der Waals surface area contributed by atoms with Crippen LogP contribution in [0.15, 0.2) is 23.2 Å².